The van der Waals surface area contributed by atoms with Crippen molar-refractivity contribution < 1.29 is 4.79 Å². The molecule has 0 bridgehead atoms. The molecule has 7 heteroatoms. The van der Waals surface area contributed by atoms with E-state index >= 15 is 0 Å². The van der Waals surface area contributed by atoms with Gasteiger partial charge in [0, 0.05) is 18.0 Å². The predicted octanol–water partition coefficient (Wildman–Crippen LogP) is 3.97. The van der Waals surface area contributed by atoms with E-state index in [0.717, 1.165) is 24.1 Å². The van der Waals surface area contributed by atoms with Crippen LogP contribution in [-0.2, 0) is 0 Å². The van der Waals surface area contributed by atoms with Crippen LogP contribution in [0.3, 0.4) is 0 Å². The summed E-state index contributed by atoms with van der Waals surface area (Å²) in [6, 6.07) is 12.5. The number of nitrogens with one attached hydrogen (secondary N) is 2. The third-order valence-corrected chi connectivity index (χ3v) is 5.40. The van der Waals surface area contributed by atoms with E-state index < -0.39 is 0 Å². The van der Waals surface area contributed by atoms with Gasteiger partial charge in [-0.05, 0) is 51.4 Å². The lowest BCUT2D eigenvalue weighted by Crippen LogP contribution is -2.38. The topological polar surface area (TPSA) is 75.1 Å². The van der Waals surface area contributed by atoms with E-state index in [1.807, 2.05) is 16.8 Å². The monoisotopic (exact) mass is 392 g/mol. The summed E-state index contributed by atoms with van der Waals surface area (Å²) in [6.07, 6.45) is 5.89. The van der Waals surface area contributed by atoms with Gasteiger partial charge in [-0.2, -0.15) is 5.10 Å². The summed E-state index contributed by atoms with van der Waals surface area (Å²) >= 11 is 0. The Morgan fingerprint density at radius 3 is 2.62 bits per heavy atom. The number of benzene rings is 1. The Bertz CT molecular complexity index is 962. The summed E-state index contributed by atoms with van der Waals surface area (Å²) in [5.41, 5.74) is 2.72. The van der Waals surface area contributed by atoms with E-state index in [1.54, 1.807) is 12.4 Å². The molecule has 0 radical (unpaired) electrons. The van der Waals surface area contributed by atoms with Crippen LogP contribution in [0.15, 0.2) is 48.8 Å². The van der Waals surface area contributed by atoms with Gasteiger partial charge in [-0.1, -0.05) is 30.3 Å². The van der Waals surface area contributed by atoms with Crippen LogP contribution in [0.4, 0.5) is 10.5 Å². The molecule has 1 saturated heterocycles. The van der Waals surface area contributed by atoms with Crippen LogP contribution in [0.25, 0.3) is 11.0 Å². The number of likely N-dealkylation sites (tertiary alicyclic amines) is 1. The maximum absolute atomic E-state index is 12.5. The first-order chi connectivity index (χ1) is 14.1. The van der Waals surface area contributed by atoms with Gasteiger partial charge in [0.15, 0.2) is 5.65 Å². The Morgan fingerprint density at radius 2 is 1.90 bits per heavy atom. The lowest BCUT2D eigenvalue weighted by atomic mass is 10.1. The number of nitrogens with zero attached hydrogens (tertiary/aromatic N) is 4. The Hall–Kier alpha value is -2.93. The van der Waals surface area contributed by atoms with Crippen LogP contribution < -0.4 is 10.6 Å². The van der Waals surface area contributed by atoms with Gasteiger partial charge in [-0.15, -0.1) is 0 Å². The van der Waals surface area contributed by atoms with Crippen molar-refractivity contribution in [2.45, 2.75) is 38.8 Å². The smallest absolute Gasteiger partial charge is 0.319 e. The Balaban J connectivity index is 1.41. The van der Waals surface area contributed by atoms with E-state index in [-0.39, 0.29) is 18.1 Å². The van der Waals surface area contributed by atoms with Crippen molar-refractivity contribution in [2.24, 2.45) is 0 Å². The fourth-order valence-corrected chi connectivity index (χ4v) is 3.94. The average Bonchev–Trinajstić information content (AvgIpc) is 3.38. The molecule has 0 aliphatic carbocycles. The van der Waals surface area contributed by atoms with Crippen LogP contribution >= 0.6 is 0 Å². The maximum Gasteiger partial charge on any atom is 0.319 e. The molecule has 1 atom stereocenters. The Morgan fingerprint density at radius 1 is 1.14 bits per heavy atom. The molecule has 152 valence electrons. The zero-order valence-electron chi connectivity index (χ0n) is 17.0. The summed E-state index contributed by atoms with van der Waals surface area (Å²) in [7, 11) is 0. The summed E-state index contributed by atoms with van der Waals surface area (Å²) in [6.45, 7) is 6.85. The molecule has 0 unspecified atom stereocenters. The largest absolute Gasteiger partial charge is 0.336 e. The number of hydrogen-bond acceptors (Lipinski definition) is 4. The highest BCUT2D eigenvalue weighted by molar-refractivity contribution is 5.91. The molecule has 29 heavy (non-hydrogen) atoms. The van der Waals surface area contributed by atoms with Gasteiger partial charge in [0.2, 0.25) is 0 Å². The second-order valence-electron chi connectivity index (χ2n) is 7.82. The lowest BCUT2D eigenvalue weighted by Gasteiger charge is -2.28. The number of pyridine rings is 1. The molecule has 1 aromatic carbocycles. The van der Waals surface area contributed by atoms with E-state index in [0.29, 0.717) is 12.2 Å². The molecular weight excluding hydrogens is 364 g/mol. The van der Waals surface area contributed by atoms with Crippen molar-refractivity contribution in [2.75, 3.05) is 25.0 Å². The standard InChI is InChI=1S/C22H28N6O/c1-16(2)28-21-18(13-25-28)12-19(14-23-21)26-22(29)24-15-20(27-10-6-7-11-27)17-8-4-3-5-9-17/h3-5,8-9,12-14,16,20H,6-7,10-11,15H2,1-2H3,(H2,24,26,29)/t20-/m1/s1. The first-order valence-corrected chi connectivity index (χ1v) is 10.3. The van der Waals surface area contributed by atoms with E-state index in [9.17, 15) is 4.79 Å². The molecule has 1 fully saturated rings. The number of aromatic nitrogens is 3. The number of fused-ring (bicyclic) bond motifs is 1. The third kappa shape index (κ3) is 4.40. The van der Waals surface area contributed by atoms with Crippen LogP contribution in [-0.4, -0.2) is 45.3 Å². The minimum Gasteiger partial charge on any atom is -0.336 e. The van der Waals surface area contributed by atoms with Gasteiger partial charge in [-0.3, -0.25) is 4.90 Å². The van der Waals surface area contributed by atoms with Gasteiger partial charge in [0.05, 0.1) is 24.1 Å². The van der Waals surface area contributed by atoms with Crippen LogP contribution in [0.5, 0.6) is 0 Å². The van der Waals surface area contributed by atoms with Crippen molar-refractivity contribution in [3.8, 4) is 0 Å². The zero-order valence-corrected chi connectivity index (χ0v) is 17.0. The number of hydrogen-bond donors (Lipinski definition) is 2. The minimum atomic E-state index is -0.220. The van der Waals surface area contributed by atoms with Gasteiger partial charge in [-0.25, -0.2) is 14.5 Å². The zero-order chi connectivity index (χ0) is 20.2. The van der Waals surface area contributed by atoms with Crippen molar-refractivity contribution >= 4 is 22.8 Å². The highest BCUT2D eigenvalue weighted by atomic mass is 16.2. The van der Waals surface area contributed by atoms with Gasteiger partial charge in [0.1, 0.15) is 0 Å². The first kappa shape index (κ1) is 19.4. The molecule has 2 amide bonds. The molecule has 4 rings (SSSR count). The number of amides is 2. The summed E-state index contributed by atoms with van der Waals surface area (Å²) in [5, 5.41) is 11.2. The number of rotatable bonds is 6. The molecule has 3 heterocycles. The summed E-state index contributed by atoms with van der Waals surface area (Å²) in [5.74, 6) is 0. The molecule has 3 aromatic rings. The predicted molar refractivity (Wildman–Crippen MR) is 115 cm³/mol. The number of anilines is 1. The molecule has 1 aliphatic heterocycles. The van der Waals surface area contributed by atoms with Crippen molar-refractivity contribution in [3.63, 3.8) is 0 Å². The van der Waals surface area contributed by atoms with E-state index in [2.05, 4.69) is 63.7 Å². The first-order valence-electron chi connectivity index (χ1n) is 10.3. The highest BCUT2D eigenvalue weighted by Gasteiger charge is 2.23. The molecule has 2 aromatic heterocycles. The highest BCUT2D eigenvalue weighted by Crippen LogP contribution is 2.24. The van der Waals surface area contributed by atoms with Gasteiger partial charge >= 0.3 is 6.03 Å². The van der Waals surface area contributed by atoms with Crippen LogP contribution in [0.2, 0.25) is 0 Å². The molecule has 0 saturated carbocycles. The van der Waals surface area contributed by atoms with E-state index in [1.165, 1.54) is 18.4 Å². The SMILES string of the molecule is CC(C)n1ncc2cc(NC(=O)NC[C@H](c3ccccc3)N3CCCC3)cnc21. The molecule has 7 nitrogen and oxygen atoms in total. The fourth-order valence-electron chi connectivity index (χ4n) is 3.94. The Kier molecular flexibility index (Phi) is 5.76. The van der Waals surface area contributed by atoms with Crippen LogP contribution in [0.1, 0.15) is 44.3 Å². The fraction of sp³-hybridized carbons (Fsp3) is 0.409. The number of carbonyl (C=O) groups excluding carboxylic acids is 1. The minimum absolute atomic E-state index is 0.189. The second kappa shape index (κ2) is 8.61. The molecule has 2 N–H and O–H groups in total. The summed E-state index contributed by atoms with van der Waals surface area (Å²) < 4.78 is 1.87. The lowest BCUT2D eigenvalue weighted by molar-refractivity contribution is 0.227. The molecule has 0 spiro atoms. The van der Waals surface area contributed by atoms with Crippen molar-refractivity contribution in [1.29, 1.82) is 0 Å². The maximum atomic E-state index is 12.5. The van der Waals surface area contributed by atoms with Crippen LogP contribution in [0, 0.1) is 0 Å². The van der Waals surface area contributed by atoms with E-state index in [4.69, 9.17) is 0 Å². The normalized spacial score (nSPS) is 15.7. The molecular formula is C22H28N6O. The quantitative estimate of drug-likeness (QED) is 0.666. The molecule has 1 aliphatic rings. The van der Waals surface area contributed by atoms with Crippen molar-refractivity contribution in [3.05, 3.63) is 54.4 Å². The number of carbonyl (C=O) groups is 1. The average molecular weight is 393 g/mol. The van der Waals surface area contributed by atoms with Gasteiger partial charge in [0.25, 0.3) is 0 Å². The number of urea groups is 1. The Labute approximate surface area is 171 Å². The second-order valence-corrected chi connectivity index (χ2v) is 7.82. The third-order valence-electron chi connectivity index (χ3n) is 5.40. The van der Waals surface area contributed by atoms with Crippen molar-refractivity contribution in [1.82, 2.24) is 25.0 Å². The van der Waals surface area contributed by atoms with Gasteiger partial charge < -0.3 is 10.6 Å². The summed E-state index contributed by atoms with van der Waals surface area (Å²) in [4.78, 5) is 19.4.